The Bertz CT molecular complexity index is 1710. The maximum Gasteiger partial charge on any atom is 0.313 e. The van der Waals surface area contributed by atoms with Crippen molar-refractivity contribution < 1.29 is 38.5 Å². The number of methoxy groups -OCH3 is 1. The van der Waals surface area contributed by atoms with E-state index in [0.717, 1.165) is 18.8 Å². The molecular formula is C42H54N4O8. The van der Waals surface area contributed by atoms with E-state index in [1.165, 1.54) is 12.0 Å². The minimum Gasteiger partial charge on any atom is -0.455 e. The summed E-state index contributed by atoms with van der Waals surface area (Å²) in [5.41, 5.74) is 0.794. The third-order valence-corrected chi connectivity index (χ3v) is 11.1. The number of amides is 3. The van der Waals surface area contributed by atoms with Crippen LogP contribution in [0.1, 0.15) is 58.6 Å². The van der Waals surface area contributed by atoms with E-state index in [1.54, 1.807) is 23.1 Å². The Morgan fingerprint density at radius 1 is 1.00 bits per heavy atom. The number of nitrogens with one attached hydrogen (secondary N) is 1. The lowest BCUT2D eigenvalue weighted by Crippen LogP contribution is -2.58. The molecule has 4 aliphatic heterocycles. The third kappa shape index (κ3) is 7.43. The van der Waals surface area contributed by atoms with Gasteiger partial charge in [0.05, 0.1) is 37.3 Å². The van der Waals surface area contributed by atoms with Crippen molar-refractivity contribution in [1.29, 1.82) is 0 Å². The lowest BCUT2D eigenvalue weighted by molar-refractivity contribution is -0.163. The van der Waals surface area contributed by atoms with Crippen LogP contribution in [-0.4, -0.2) is 103 Å². The van der Waals surface area contributed by atoms with Gasteiger partial charge in [-0.15, -0.1) is 0 Å². The number of aliphatic hydroxyl groups is 1. The van der Waals surface area contributed by atoms with E-state index in [1.807, 2.05) is 74.5 Å². The number of ether oxygens (including phenoxy) is 3. The summed E-state index contributed by atoms with van der Waals surface area (Å²) in [4.78, 5) is 63.4. The normalized spacial score (nSPS) is 29.7. The molecule has 0 aliphatic carbocycles. The van der Waals surface area contributed by atoms with Crippen LogP contribution in [0.5, 0.6) is 0 Å². The van der Waals surface area contributed by atoms with Crippen LogP contribution >= 0.6 is 0 Å². The summed E-state index contributed by atoms with van der Waals surface area (Å²) in [6, 6.07) is 14.3. The molecule has 12 heteroatoms. The zero-order chi connectivity index (χ0) is 38.6. The van der Waals surface area contributed by atoms with Crippen molar-refractivity contribution in [1.82, 2.24) is 10.2 Å². The third-order valence-electron chi connectivity index (χ3n) is 11.1. The molecule has 54 heavy (non-hydrogen) atoms. The maximum atomic E-state index is 15.1. The number of anilines is 2. The van der Waals surface area contributed by atoms with Crippen LogP contribution in [0, 0.1) is 17.8 Å². The lowest BCUT2D eigenvalue weighted by Gasteiger charge is -2.39. The van der Waals surface area contributed by atoms with E-state index in [2.05, 4.69) is 24.1 Å². The Morgan fingerprint density at radius 3 is 2.37 bits per heavy atom. The molecule has 0 unspecified atom stereocenters. The number of carbonyl (C=O) groups excluding carboxylic acids is 4. The zero-order valence-electron chi connectivity index (χ0n) is 31.9. The summed E-state index contributed by atoms with van der Waals surface area (Å²) in [7, 11) is 1.51. The first-order chi connectivity index (χ1) is 26.1. The standard InChI is InChI=1S/C42H54N4O8/c1-6-44(7-2)29-18-20-30(21-19-29)45-23-13-22-42-36(39(49)46(38(42)40(45)50)31(25-47)24-27(3)4)35-33(54-42)16-11-12-17-34(48)43-32(26-52-5)37(53-41(35)51)28-14-9-8-10-15-28/h8-11,13-16,18-22,27,31-33,35-38,47H,6-7,12,17,23-26H2,1-5H3,(H,43,48)/b16-11-/t31-,32-,33-,35+,36+,37-,38-,42+/m1/s1. The number of carbonyl (C=O) groups is 4. The van der Waals surface area contributed by atoms with Gasteiger partial charge < -0.3 is 39.3 Å². The van der Waals surface area contributed by atoms with Gasteiger partial charge >= 0.3 is 5.97 Å². The van der Waals surface area contributed by atoms with Gasteiger partial charge in [0.25, 0.3) is 5.91 Å². The SMILES string of the molecule is CCN(CC)c1ccc(N2CC=C[C@]34O[C@@H]5/C=C\CCC(=O)N[C@H](COC)[C@@H](c6ccccc6)OC(=O)[C@@H]5[C@H]3C(=O)N([C@@H](CO)CC(C)C)[C@@H]4C2=O)cc1. The zero-order valence-corrected chi connectivity index (χ0v) is 31.9. The molecule has 290 valence electrons. The fourth-order valence-corrected chi connectivity index (χ4v) is 8.71. The summed E-state index contributed by atoms with van der Waals surface area (Å²) in [6.45, 7) is 9.77. The van der Waals surface area contributed by atoms with Crippen LogP contribution in [0.15, 0.2) is 78.9 Å². The van der Waals surface area contributed by atoms with E-state index in [9.17, 15) is 14.7 Å². The first-order valence-electron chi connectivity index (χ1n) is 19.2. The highest BCUT2D eigenvalue weighted by Gasteiger charge is 2.72. The second-order valence-electron chi connectivity index (χ2n) is 15.0. The Hall–Kier alpha value is -4.52. The number of likely N-dealkylation sites (tertiary alicyclic amines) is 1. The molecule has 6 rings (SSSR count). The van der Waals surface area contributed by atoms with Crippen molar-refractivity contribution in [2.45, 2.75) is 82.9 Å². The largest absolute Gasteiger partial charge is 0.455 e. The van der Waals surface area contributed by atoms with Crippen molar-refractivity contribution >= 4 is 35.1 Å². The number of cyclic esters (lactones) is 1. The number of nitrogens with zero attached hydrogens (tertiary/aromatic N) is 3. The number of benzene rings is 2. The number of rotatable bonds is 11. The van der Waals surface area contributed by atoms with Crippen molar-refractivity contribution in [3.05, 3.63) is 84.5 Å². The molecule has 2 N–H and O–H groups in total. The fourth-order valence-electron chi connectivity index (χ4n) is 8.71. The van der Waals surface area contributed by atoms with Crippen LogP contribution in [0.2, 0.25) is 0 Å². The predicted molar refractivity (Wildman–Crippen MR) is 204 cm³/mol. The molecule has 0 aromatic heterocycles. The summed E-state index contributed by atoms with van der Waals surface area (Å²) >= 11 is 0. The monoisotopic (exact) mass is 742 g/mol. The van der Waals surface area contributed by atoms with Gasteiger partial charge in [0, 0.05) is 44.5 Å². The molecule has 12 nitrogen and oxygen atoms in total. The number of allylic oxidation sites excluding steroid dienone is 1. The molecule has 0 bridgehead atoms. The minimum atomic E-state index is -1.55. The van der Waals surface area contributed by atoms with Crippen LogP contribution < -0.4 is 15.1 Å². The second kappa shape index (κ2) is 16.9. The highest BCUT2D eigenvalue weighted by molar-refractivity contribution is 6.05. The van der Waals surface area contributed by atoms with E-state index >= 15 is 9.59 Å². The summed E-state index contributed by atoms with van der Waals surface area (Å²) < 4.78 is 18.8. The number of hydrogen-bond donors (Lipinski definition) is 2. The van der Waals surface area contributed by atoms with E-state index in [-0.39, 0.29) is 43.9 Å². The van der Waals surface area contributed by atoms with Crippen molar-refractivity contribution in [2.75, 3.05) is 49.8 Å². The molecule has 2 aromatic carbocycles. The highest BCUT2D eigenvalue weighted by Crippen LogP contribution is 2.54. The van der Waals surface area contributed by atoms with Crippen LogP contribution in [0.4, 0.5) is 11.4 Å². The average Bonchev–Trinajstić information content (AvgIpc) is 3.56. The summed E-state index contributed by atoms with van der Waals surface area (Å²) in [5, 5.41) is 13.8. The Balaban J connectivity index is 1.45. The fraction of sp³-hybridized carbons (Fsp3) is 0.524. The number of hydrogen-bond acceptors (Lipinski definition) is 9. The van der Waals surface area contributed by atoms with Gasteiger partial charge in [-0.3, -0.25) is 19.2 Å². The van der Waals surface area contributed by atoms with Crippen molar-refractivity contribution in [3.63, 3.8) is 0 Å². The molecule has 2 aromatic rings. The summed E-state index contributed by atoms with van der Waals surface area (Å²) in [5.74, 6) is -3.91. The van der Waals surface area contributed by atoms with E-state index in [0.29, 0.717) is 24.1 Å². The van der Waals surface area contributed by atoms with Crippen molar-refractivity contribution in [3.8, 4) is 0 Å². The van der Waals surface area contributed by atoms with Gasteiger partial charge in [-0.1, -0.05) is 68.5 Å². The Morgan fingerprint density at radius 2 is 1.72 bits per heavy atom. The molecular weight excluding hydrogens is 688 g/mol. The van der Waals surface area contributed by atoms with Crippen molar-refractivity contribution in [2.24, 2.45) is 17.8 Å². The predicted octanol–water partition coefficient (Wildman–Crippen LogP) is 4.19. The molecule has 4 heterocycles. The number of aliphatic hydroxyl groups excluding tert-OH is 1. The van der Waals surface area contributed by atoms with Gasteiger partial charge in [0.2, 0.25) is 11.8 Å². The van der Waals surface area contributed by atoms with Gasteiger partial charge in [-0.2, -0.15) is 0 Å². The van der Waals surface area contributed by atoms with E-state index in [4.69, 9.17) is 14.2 Å². The Labute approximate surface area is 318 Å². The molecule has 0 saturated carbocycles. The first kappa shape index (κ1) is 39.2. The molecule has 1 spiro atoms. The van der Waals surface area contributed by atoms with E-state index < -0.39 is 59.6 Å². The first-order valence-corrected chi connectivity index (χ1v) is 19.2. The van der Waals surface area contributed by atoms with Gasteiger partial charge in [0.15, 0.2) is 0 Å². The maximum absolute atomic E-state index is 15.1. The topological polar surface area (TPSA) is 138 Å². The number of fused-ring (bicyclic) bond motifs is 2. The lowest BCUT2D eigenvalue weighted by atomic mass is 9.77. The smallest absolute Gasteiger partial charge is 0.313 e. The van der Waals surface area contributed by atoms with Crippen LogP contribution in [0.25, 0.3) is 0 Å². The molecule has 0 radical (unpaired) electrons. The molecule has 3 amide bonds. The highest BCUT2D eigenvalue weighted by atomic mass is 16.6. The average molecular weight is 743 g/mol. The van der Waals surface area contributed by atoms with Gasteiger partial charge in [0.1, 0.15) is 23.7 Å². The quantitative estimate of drug-likeness (QED) is 0.257. The second-order valence-corrected chi connectivity index (χ2v) is 15.0. The molecule has 2 saturated heterocycles. The van der Waals surface area contributed by atoms with Gasteiger partial charge in [-0.05, 0) is 62.4 Å². The van der Waals surface area contributed by atoms with Gasteiger partial charge in [-0.25, -0.2) is 0 Å². The van der Waals surface area contributed by atoms with Crippen LogP contribution in [0.3, 0.4) is 0 Å². The Kier molecular flexibility index (Phi) is 12.2. The molecule has 8 atom stereocenters. The molecule has 4 aliphatic rings. The van der Waals surface area contributed by atoms with Crippen LogP contribution in [-0.2, 0) is 33.4 Å². The molecule has 2 fully saturated rings. The minimum absolute atomic E-state index is 0.0670. The summed E-state index contributed by atoms with van der Waals surface area (Å²) in [6.07, 6.45) is 6.20. The number of esters is 1.